The molecule has 1 saturated heterocycles. The fourth-order valence-corrected chi connectivity index (χ4v) is 2.73. The van der Waals surface area contributed by atoms with Crippen molar-refractivity contribution in [1.82, 2.24) is 4.90 Å². The van der Waals surface area contributed by atoms with Gasteiger partial charge in [-0.25, -0.2) is 0 Å². The van der Waals surface area contributed by atoms with E-state index in [0.717, 1.165) is 0 Å². The number of likely N-dealkylation sites (tertiary alicyclic amines) is 1. The number of amides is 2. The number of hydrogen-bond donors (Lipinski definition) is 0. The van der Waals surface area contributed by atoms with Crippen molar-refractivity contribution in [3.8, 4) is 0 Å². The zero-order valence-corrected chi connectivity index (χ0v) is 9.93. The molecule has 1 aliphatic heterocycles. The van der Waals surface area contributed by atoms with Crippen LogP contribution in [0, 0.1) is 0 Å². The van der Waals surface area contributed by atoms with E-state index in [-0.39, 0.29) is 30.5 Å². The molecule has 0 bridgehead atoms. The number of carbonyl (C=O) groups excluding carboxylic acids is 2. The van der Waals surface area contributed by atoms with Crippen LogP contribution < -0.4 is 0 Å². The molecule has 1 fully saturated rings. The Kier molecular flexibility index (Phi) is 5.35. The zero-order valence-electron chi connectivity index (χ0n) is 9.11. The van der Waals surface area contributed by atoms with Crippen molar-refractivity contribution in [1.29, 1.82) is 0 Å². The first-order valence-corrected chi connectivity index (χ1v) is 5.89. The van der Waals surface area contributed by atoms with Crippen LogP contribution in [-0.4, -0.2) is 33.3 Å². The maximum absolute atomic E-state index is 11.8. The summed E-state index contributed by atoms with van der Waals surface area (Å²) in [6.07, 6.45) is 0.375. The normalized spacial score (nSPS) is 21.5. The summed E-state index contributed by atoms with van der Waals surface area (Å²) < 4.78 is 0. The molecule has 1 unspecified atom stereocenters. The highest BCUT2D eigenvalue weighted by Gasteiger charge is 2.40. The Bertz CT molecular complexity index is 251. The average molecular weight is 231 g/mol. The van der Waals surface area contributed by atoms with Gasteiger partial charge in [-0.3, -0.25) is 14.5 Å². The second-order valence-electron chi connectivity index (χ2n) is 4.07. The summed E-state index contributed by atoms with van der Waals surface area (Å²) in [5, 5.41) is 0.244. The summed E-state index contributed by atoms with van der Waals surface area (Å²) in [5.74, 6) is -0.0353. The van der Waals surface area contributed by atoms with Crippen molar-refractivity contribution in [3.63, 3.8) is 0 Å². The van der Waals surface area contributed by atoms with Gasteiger partial charge < -0.3 is 0 Å². The Labute approximate surface area is 96.6 Å². The molecule has 2 amide bonds. The van der Waals surface area contributed by atoms with Gasteiger partial charge in [-0.1, -0.05) is 21.3 Å². The molecule has 15 heavy (non-hydrogen) atoms. The van der Waals surface area contributed by atoms with E-state index in [1.165, 1.54) is 4.90 Å². The summed E-state index contributed by atoms with van der Waals surface area (Å²) in [7, 11) is 0. The van der Waals surface area contributed by atoms with Crippen molar-refractivity contribution in [2.45, 2.75) is 58.1 Å². The third-order valence-corrected chi connectivity index (χ3v) is 3.34. The highest BCUT2D eigenvalue weighted by molar-refractivity contribution is 8.01. The van der Waals surface area contributed by atoms with E-state index >= 15 is 0 Å². The number of nitrogens with zero attached hydrogens (tertiary/aromatic N) is 1. The predicted molar refractivity (Wildman–Crippen MR) is 64.9 cm³/mol. The molecule has 0 spiro atoms. The van der Waals surface area contributed by atoms with Gasteiger partial charge in [0.15, 0.2) is 0 Å². The number of rotatable bonds is 3. The van der Waals surface area contributed by atoms with Gasteiger partial charge in [-0.05, 0) is 19.1 Å². The summed E-state index contributed by atoms with van der Waals surface area (Å²) in [4.78, 5) is 24.7. The van der Waals surface area contributed by atoms with Crippen molar-refractivity contribution < 1.29 is 9.59 Å². The van der Waals surface area contributed by atoms with E-state index in [2.05, 4.69) is 0 Å². The third kappa shape index (κ3) is 3.23. The van der Waals surface area contributed by atoms with Crippen LogP contribution in [0.3, 0.4) is 0 Å². The first-order chi connectivity index (χ1) is 6.43. The van der Waals surface area contributed by atoms with E-state index in [9.17, 15) is 9.59 Å². The fraction of sp³-hybridized carbons (Fsp3) is 0.818. The predicted octanol–water partition coefficient (Wildman–Crippen LogP) is 2.30. The molecule has 1 heterocycles. The molecule has 0 saturated carbocycles. The van der Waals surface area contributed by atoms with Crippen LogP contribution in [0.5, 0.6) is 0 Å². The summed E-state index contributed by atoms with van der Waals surface area (Å²) in [5.41, 5.74) is 0. The Morgan fingerprint density at radius 1 is 1.27 bits per heavy atom. The largest absolute Gasteiger partial charge is 0.279 e. The van der Waals surface area contributed by atoms with Crippen LogP contribution >= 0.6 is 11.8 Å². The molecule has 0 aliphatic carbocycles. The molecule has 1 atom stereocenters. The lowest BCUT2D eigenvalue weighted by Gasteiger charge is -2.19. The molecule has 4 heteroatoms. The van der Waals surface area contributed by atoms with Gasteiger partial charge >= 0.3 is 0 Å². The quantitative estimate of drug-likeness (QED) is 0.699. The minimum Gasteiger partial charge on any atom is -0.279 e. The molecule has 3 nitrogen and oxygen atoms in total. The average Bonchev–Trinajstić information content (AvgIpc) is 2.25. The number of imide groups is 1. The first-order valence-electron chi connectivity index (χ1n) is 4.94. The minimum atomic E-state index is -0.148. The molecule has 88 valence electrons. The van der Waals surface area contributed by atoms with E-state index < -0.39 is 0 Å². The van der Waals surface area contributed by atoms with Gasteiger partial charge in [0.1, 0.15) is 0 Å². The molecule has 0 radical (unpaired) electrons. The summed E-state index contributed by atoms with van der Waals surface area (Å²) in [6.45, 7) is 7.83. The van der Waals surface area contributed by atoms with Crippen LogP contribution in [0.15, 0.2) is 0 Å². The van der Waals surface area contributed by atoms with E-state index in [4.69, 9.17) is 0 Å². The molecule has 0 N–H and O–H groups in total. The zero-order chi connectivity index (χ0) is 10.9. The van der Waals surface area contributed by atoms with Gasteiger partial charge in [0.25, 0.3) is 0 Å². The molecule has 0 aromatic carbocycles. The minimum absolute atomic E-state index is 0. The van der Waals surface area contributed by atoms with Crippen LogP contribution in [-0.2, 0) is 9.59 Å². The van der Waals surface area contributed by atoms with Crippen molar-refractivity contribution >= 4 is 23.6 Å². The van der Waals surface area contributed by atoms with E-state index in [0.29, 0.717) is 11.7 Å². The number of hydrogen-bond acceptors (Lipinski definition) is 3. The molecule has 0 aromatic heterocycles. The monoisotopic (exact) mass is 231 g/mol. The van der Waals surface area contributed by atoms with Crippen LogP contribution in [0.1, 0.15) is 41.5 Å². The topological polar surface area (TPSA) is 37.4 Å². The van der Waals surface area contributed by atoms with Crippen molar-refractivity contribution in [2.75, 3.05) is 0 Å². The highest BCUT2D eigenvalue weighted by Crippen LogP contribution is 2.29. The Morgan fingerprint density at radius 2 is 1.80 bits per heavy atom. The van der Waals surface area contributed by atoms with Gasteiger partial charge in [0.2, 0.25) is 11.8 Å². The standard InChI is InChI=1S/C10H17NO2S.CH4/c1-6(2)11-9(12)5-8(10(11)13)14-7(3)4;/h6-8H,5H2,1-4H3;1H4. The molecular formula is C11H21NO2S. The lowest BCUT2D eigenvalue weighted by atomic mass is 10.3. The Hall–Kier alpha value is -0.510. The third-order valence-electron chi connectivity index (χ3n) is 2.09. The lowest BCUT2D eigenvalue weighted by Crippen LogP contribution is -2.37. The highest BCUT2D eigenvalue weighted by atomic mass is 32.2. The van der Waals surface area contributed by atoms with Crippen LogP contribution in [0.4, 0.5) is 0 Å². The second-order valence-corrected chi connectivity index (χ2v) is 5.86. The molecule has 0 aromatic rings. The lowest BCUT2D eigenvalue weighted by molar-refractivity contribution is -0.140. The summed E-state index contributed by atoms with van der Waals surface area (Å²) >= 11 is 1.58. The smallest absolute Gasteiger partial charge is 0.243 e. The van der Waals surface area contributed by atoms with Crippen molar-refractivity contribution in [3.05, 3.63) is 0 Å². The maximum atomic E-state index is 11.8. The van der Waals surface area contributed by atoms with E-state index in [1.807, 2.05) is 27.7 Å². The van der Waals surface area contributed by atoms with Gasteiger partial charge in [-0.15, -0.1) is 11.8 Å². The van der Waals surface area contributed by atoms with Crippen LogP contribution in [0.2, 0.25) is 0 Å². The molecule has 1 aliphatic rings. The summed E-state index contributed by atoms with van der Waals surface area (Å²) in [6, 6.07) is -0.00670. The maximum Gasteiger partial charge on any atom is 0.243 e. The number of carbonyl (C=O) groups is 2. The SMILES string of the molecule is C.CC(C)SC1CC(=O)N(C(C)C)C1=O. The van der Waals surface area contributed by atoms with E-state index in [1.54, 1.807) is 11.8 Å². The van der Waals surface area contributed by atoms with Gasteiger partial charge in [0, 0.05) is 12.5 Å². The molecule has 1 rings (SSSR count). The second kappa shape index (κ2) is 5.54. The fourth-order valence-electron chi connectivity index (χ4n) is 1.60. The van der Waals surface area contributed by atoms with Gasteiger partial charge in [0.05, 0.1) is 5.25 Å². The Morgan fingerprint density at radius 3 is 2.13 bits per heavy atom. The Balaban J connectivity index is 0.00000196. The van der Waals surface area contributed by atoms with Crippen molar-refractivity contribution in [2.24, 2.45) is 0 Å². The first kappa shape index (κ1) is 14.5. The number of thioether (sulfide) groups is 1. The van der Waals surface area contributed by atoms with Gasteiger partial charge in [-0.2, -0.15) is 0 Å². The molecular weight excluding hydrogens is 210 g/mol. The van der Waals surface area contributed by atoms with Crippen LogP contribution in [0.25, 0.3) is 0 Å².